The van der Waals surface area contributed by atoms with E-state index in [9.17, 15) is 29.4 Å². The number of nitriles is 1. The third-order valence-corrected chi connectivity index (χ3v) is 6.06. The monoisotopic (exact) mass is 506 g/mol. The van der Waals surface area contributed by atoms with Crippen molar-refractivity contribution in [3.8, 4) is 17.6 Å². The van der Waals surface area contributed by atoms with Gasteiger partial charge in [-0.1, -0.05) is 6.07 Å². The molecule has 0 saturated carbocycles. The molecule has 2 unspecified atom stereocenters. The van der Waals surface area contributed by atoms with Gasteiger partial charge < -0.3 is 20.1 Å². The van der Waals surface area contributed by atoms with Crippen LogP contribution in [-0.2, 0) is 11.3 Å². The largest absolute Gasteiger partial charge is 0.490 e. The van der Waals surface area contributed by atoms with Crippen molar-refractivity contribution in [1.29, 1.82) is 5.26 Å². The second-order valence-corrected chi connectivity index (χ2v) is 8.40. The van der Waals surface area contributed by atoms with Crippen LogP contribution in [0.3, 0.4) is 0 Å². The van der Waals surface area contributed by atoms with Crippen LogP contribution in [0.2, 0.25) is 0 Å². The summed E-state index contributed by atoms with van der Waals surface area (Å²) >= 11 is 0. The molecule has 3 heterocycles. The summed E-state index contributed by atoms with van der Waals surface area (Å²) in [6.07, 6.45) is 0.766. The van der Waals surface area contributed by atoms with Gasteiger partial charge in [0.25, 0.3) is 11.2 Å². The molecule has 0 radical (unpaired) electrons. The van der Waals surface area contributed by atoms with Crippen molar-refractivity contribution < 1.29 is 23.6 Å². The second-order valence-electron chi connectivity index (χ2n) is 8.40. The highest BCUT2D eigenvalue weighted by Crippen LogP contribution is 2.40. The van der Waals surface area contributed by atoms with Crippen molar-refractivity contribution in [1.82, 2.24) is 9.97 Å². The fraction of sp³-hybridized carbons (Fsp3) is 0.250. The molecular weight excluding hydrogens is 487 g/mol. The Hall–Kier alpha value is -4.99. The van der Waals surface area contributed by atoms with E-state index in [-0.39, 0.29) is 29.4 Å². The van der Waals surface area contributed by atoms with Crippen LogP contribution in [0, 0.1) is 33.2 Å². The van der Waals surface area contributed by atoms with Crippen LogP contribution in [0.4, 0.5) is 21.8 Å². The zero-order chi connectivity index (χ0) is 26.1. The van der Waals surface area contributed by atoms with E-state index in [1.807, 2.05) is 6.07 Å². The molecule has 37 heavy (non-hydrogen) atoms. The molecule has 1 aromatic heterocycles. The summed E-state index contributed by atoms with van der Waals surface area (Å²) in [6.45, 7) is 1.32. The summed E-state index contributed by atoms with van der Waals surface area (Å²) in [5.74, 6) is -3.53. The van der Waals surface area contributed by atoms with Crippen LogP contribution in [0.15, 0.2) is 41.2 Å². The lowest BCUT2D eigenvalue weighted by atomic mass is 9.79. The Morgan fingerprint density at radius 2 is 1.97 bits per heavy atom. The summed E-state index contributed by atoms with van der Waals surface area (Å²) in [5.41, 5.74) is -0.876. The number of nitrogens with one attached hydrogen (secondary N) is 3. The van der Waals surface area contributed by atoms with E-state index < -0.39 is 39.7 Å². The smallest absolute Gasteiger partial charge is 0.269 e. The lowest BCUT2D eigenvalue weighted by Crippen LogP contribution is -2.38. The molecule has 13 heteroatoms. The zero-order valence-electron chi connectivity index (χ0n) is 19.1. The minimum Gasteiger partial charge on any atom is -0.490 e. The van der Waals surface area contributed by atoms with E-state index in [4.69, 9.17) is 9.47 Å². The molecule has 0 fully saturated rings. The number of rotatable bonds is 5. The average Bonchev–Trinajstić information content (AvgIpc) is 3.12. The van der Waals surface area contributed by atoms with Crippen molar-refractivity contribution in [2.75, 3.05) is 23.8 Å². The molecule has 2 aliphatic heterocycles. The highest BCUT2D eigenvalue weighted by atomic mass is 19.1. The molecule has 1 amide bonds. The van der Waals surface area contributed by atoms with Gasteiger partial charge in [0.05, 0.1) is 29.8 Å². The van der Waals surface area contributed by atoms with Crippen LogP contribution >= 0.6 is 0 Å². The molecule has 188 valence electrons. The third kappa shape index (κ3) is 4.52. The molecule has 2 aliphatic rings. The van der Waals surface area contributed by atoms with Gasteiger partial charge in [-0.25, -0.2) is 4.39 Å². The Morgan fingerprint density at radius 1 is 1.19 bits per heavy atom. The number of hydrogen-bond donors (Lipinski definition) is 3. The first-order valence-electron chi connectivity index (χ1n) is 11.3. The van der Waals surface area contributed by atoms with E-state index in [0.29, 0.717) is 24.7 Å². The Bertz CT molecular complexity index is 1520. The van der Waals surface area contributed by atoms with Gasteiger partial charge in [0.15, 0.2) is 11.5 Å². The number of nitro groups is 1. The minimum absolute atomic E-state index is 0.0184. The van der Waals surface area contributed by atoms with Crippen molar-refractivity contribution in [3.63, 3.8) is 0 Å². The number of fused-ring (bicyclic) bond motifs is 2. The number of benzene rings is 2. The Morgan fingerprint density at radius 3 is 2.73 bits per heavy atom. The van der Waals surface area contributed by atoms with E-state index in [1.165, 1.54) is 0 Å². The van der Waals surface area contributed by atoms with Crippen molar-refractivity contribution in [3.05, 3.63) is 79.4 Å². The average molecular weight is 506 g/mol. The number of non-ortho nitro benzene ring substituents is 1. The fourth-order valence-corrected chi connectivity index (χ4v) is 4.32. The lowest BCUT2D eigenvalue weighted by molar-refractivity contribution is -0.385. The number of halogens is 1. The van der Waals surface area contributed by atoms with Gasteiger partial charge in [-0.3, -0.25) is 24.7 Å². The number of aromatic nitrogens is 2. The molecule has 2 atom stereocenters. The SMILES string of the molecule is N#CC1C(=O)Nc2nc(NCc3ccc4c(c3)OCCCO4)[nH]c(=O)c2C1c1cc([N+](=O)[O-])ccc1F. The quantitative estimate of drug-likeness (QED) is 0.347. The maximum absolute atomic E-state index is 14.8. The van der Waals surface area contributed by atoms with E-state index in [1.54, 1.807) is 18.2 Å². The minimum atomic E-state index is -1.51. The number of nitro benzene ring substituents is 1. The van der Waals surface area contributed by atoms with Gasteiger partial charge in [-0.2, -0.15) is 10.2 Å². The Balaban J connectivity index is 1.48. The molecule has 3 N–H and O–H groups in total. The second kappa shape index (κ2) is 9.57. The third-order valence-electron chi connectivity index (χ3n) is 6.06. The lowest BCUT2D eigenvalue weighted by Gasteiger charge is -2.28. The first-order valence-corrected chi connectivity index (χ1v) is 11.3. The normalized spacial score (nSPS) is 18.1. The van der Waals surface area contributed by atoms with Gasteiger partial charge in [-0.15, -0.1) is 0 Å². The molecule has 0 saturated heterocycles. The standard InChI is InChI=1S/C24H19FN6O6/c25-16-4-3-13(31(34)35)9-14(16)19-15(10-26)22(32)28-21-20(19)23(33)30-24(29-21)27-11-12-2-5-17-18(8-12)37-7-1-6-36-17/h2-5,8-9,15,19H,1,6-7,11H2,(H3,27,28,29,30,32,33). The topological polar surface area (TPSA) is 172 Å². The van der Waals surface area contributed by atoms with Crippen molar-refractivity contribution in [2.24, 2.45) is 5.92 Å². The highest BCUT2D eigenvalue weighted by Gasteiger charge is 2.42. The molecule has 0 spiro atoms. The van der Waals surface area contributed by atoms with Crippen LogP contribution in [0.25, 0.3) is 0 Å². The summed E-state index contributed by atoms with van der Waals surface area (Å²) < 4.78 is 26.1. The molecule has 0 aliphatic carbocycles. The number of carbonyl (C=O) groups excluding carboxylic acids is 1. The number of anilines is 2. The number of carbonyl (C=O) groups is 1. The van der Waals surface area contributed by atoms with E-state index >= 15 is 0 Å². The Kier molecular flexibility index (Phi) is 6.14. The number of aromatic amines is 1. The fourth-order valence-electron chi connectivity index (χ4n) is 4.32. The van der Waals surface area contributed by atoms with Gasteiger partial charge in [-0.05, 0) is 23.8 Å². The number of amides is 1. The van der Waals surface area contributed by atoms with Crippen LogP contribution in [0.1, 0.15) is 29.0 Å². The first-order chi connectivity index (χ1) is 17.9. The van der Waals surface area contributed by atoms with Crippen LogP contribution in [-0.4, -0.2) is 34.0 Å². The van der Waals surface area contributed by atoms with Crippen LogP contribution < -0.4 is 25.7 Å². The van der Waals surface area contributed by atoms with Crippen molar-refractivity contribution >= 4 is 23.4 Å². The summed E-state index contributed by atoms with van der Waals surface area (Å²) in [7, 11) is 0. The molecular formula is C24H19FN6O6. The van der Waals surface area contributed by atoms with Gasteiger partial charge in [0, 0.05) is 36.6 Å². The Labute approximate surface area is 208 Å². The zero-order valence-corrected chi connectivity index (χ0v) is 19.1. The number of ether oxygens (including phenoxy) is 2. The van der Waals surface area contributed by atoms with Gasteiger partial charge in [0.2, 0.25) is 11.9 Å². The van der Waals surface area contributed by atoms with Gasteiger partial charge in [0.1, 0.15) is 17.6 Å². The number of hydrogen-bond acceptors (Lipinski definition) is 9. The van der Waals surface area contributed by atoms with E-state index in [2.05, 4.69) is 20.6 Å². The van der Waals surface area contributed by atoms with E-state index in [0.717, 1.165) is 30.2 Å². The predicted octanol–water partition coefficient (Wildman–Crippen LogP) is 2.81. The van der Waals surface area contributed by atoms with Crippen molar-refractivity contribution in [2.45, 2.75) is 18.9 Å². The maximum atomic E-state index is 14.8. The summed E-state index contributed by atoms with van der Waals surface area (Å²) in [5, 5.41) is 26.2. The molecule has 3 aromatic rings. The molecule has 0 bridgehead atoms. The van der Waals surface area contributed by atoms with Gasteiger partial charge >= 0.3 is 0 Å². The predicted molar refractivity (Wildman–Crippen MR) is 127 cm³/mol. The summed E-state index contributed by atoms with van der Waals surface area (Å²) in [4.78, 5) is 43.1. The highest BCUT2D eigenvalue weighted by molar-refractivity contribution is 5.98. The number of nitrogens with zero attached hydrogens (tertiary/aromatic N) is 3. The van der Waals surface area contributed by atoms with Crippen LogP contribution in [0.5, 0.6) is 11.5 Å². The molecule has 12 nitrogen and oxygen atoms in total. The molecule has 2 aromatic carbocycles. The summed E-state index contributed by atoms with van der Waals surface area (Å²) in [6, 6.07) is 9.90. The molecule has 5 rings (SSSR count). The first kappa shape index (κ1) is 23.7. The number of H-pyrrole nitrogens is 1. The maximum Gasteiger partial charge on any atom is 0.269 e.